The average Bonchev–Trinajstić information content (AvgIpc) is 2.67. The number of hydrogen-bond donors (Lipinski definition) is 1. The smallest absolute Gasteiger partial charge is 0.322 e. The largest absolute Gasteiger partial charge is 0.480 e. The molecule has 1 unspecified atom stereocenters. The van der Waals surface area contributed by atoms with Crippen LogP contribution in [0.2, 0.25) is 0 Å². The second-order valence-corrected chi connectivity index (χ2v) is 6.38. The Hall–Kier alpha value is -0.780. The highest BCUT2D eigenvalue weighted by Crippen LogP contribution is 2.27. The Morgan fingerprint density at radius 2 is 2.38 bits per heavy atom. The van der Waals surface area contributed by atoms with E-state index in [0.717, 1.165) is 4.31 Å². The third-order valence-electron chi connectivity index (χ3n) is 2.33. The van der Waals surface area contributed by atoms with Crippen molar-refractivity contribution in [3.05, 3.63) is 0 Å². The Morgan fingerprint density at radius 3 is 2.81 bits per heavy atom. The molecule has 0 amide bonds. The van der Waals surface area contributed by atoms with Crippen molar-refractivity contribution in [2.24, 2.45) is 0 Å². The minimum Gasteiger partial charge on any atom is -0.480 e. The third-order valence-corrected chi connectivity index (χ3v) is 5.70. The maximum Gasteiger partial charge on any atom is 0.322 e. The fraction of sp³-hybridized carbons (Fsp3) is 0.750. The van der Waals surface area contributed by atoms with Crippen LogP contribution in [0.1, 0.15) is 13.3 Å². The van der Waals surface area contributed by atoms with Crippen molar-refractivity contribution in [3.63, 3.8) is 0 Å². The average molecular weight is 264 g/mol. The van der Waals surface area contributed by atoms with Gasteiger partial charge in [-0.3, -0.25) is 4.79 Å². The van der Waals surface area contributed by atoms with E-state index in [-0.39, 0.29) is 18.1 Å². The number of thioether (sulfide) groups is 1. The molecule has 0 bridgehead atoms. The zero-order valence-corrected chi connectivity index (χ0v) is 10.3. The van der Waals surface area contributed by atoms with Crippen LogP contribution in [0.5, 0.6) is 0 Å². The molecule has 0 saturated carbocycles. The van der Waals surface area contributed by atoms with Gasteiger partial charge in [0.1, 0.15) is 6.04 Å². The van der Waals surface area contributed by atoms with E-state index < -0.39 is 27.3 Å². The van der Waals surface area contributed by atoms with Gasteiger partial charge in [0.2, 0.25) is 10.0 Å². The monoisotopic (exact) mass is 264 g/mol. The summed E-state index contributed by atoms with van der Waals surface area (Å²) in [6.07, 6.45) is 0.159. The van der Waals surface area contributed by atoms with Crippen LogP contribution in [-0.4, -0.2) is 46.7 Å². The third kappa shape index (κ3) is 2.31. The Kier molecular flexibility index (Phi) is 4.18. The minimum absolute atomic E-state index is 0.109. The summed E-state index contributed by atoms with van der Waals surface area (Å²) < 4.78 is 24.8. The summed E-state index contributed by atoms with van der Waals surface area (Å²) in [6.45, 7) is 1.59. The minimum atomic E-state index is -3.82. The van der Waals surface area contributed by atoms with Gasteiger partial charge in [0.25, 0.3) is 0 Å². The molecule has 0 aromatic heterocycles. The van der Waals surface area contributed by atoms with Crippen LogP contribution in [0.3, 0.4) is 0 Å². The van der Waals surface area contributed by atoms with Gasteiger partial charge in [0.15, 0.2) is 5.25 Å². The van der Waals surface area contributed by atoms with Crippen LogP contribution >= 0.6 is 11.8 Å². The summed E-state index contributed by atoms with van der Waals surface area (Å²) in [5.74, 6) is -0.824. The van der Waals surface area contributed by atoms with E-state index >= 15 is 0 Å². The van der Waals surface area contributed by atoms with Crippen molar-refractivity contribution >= 4 is 27.8 Å². The molecular formula is C8H12N2O4S2. The van der Waals surface area contributed by atoms with Crippen molar-refractivity contribution in [2.75, 3.05) is 11.6 Å². The van der Waals surface area contributed by atoms with Gasteiger partial charge in [-0.15, -0.1) is 11.8 Å². The topological polar surface area (TPSA) is 98.5 Å². The van der Waals surface area contributed by atoms with E-state index in [0.29, 0.717) is 0 Å². The number of rotatable bonds is 4. The first-order chi connectivity index (χ1) is 7.45. The van der Waals surface area contributed by atoms with Gasteiger partial charge in [-0.2, -0.15) is 9.57 Å². The van der Waals surface area contributed by atoms with Gasteiger partial charge < -0.3 is 5.11 Å². The van der Waals surface area contributed by atoms with E-state index in [1.165, 1.54) is 11.8 Å². The second-order valence-electron chi connectivity index (χ2n) is 3.31. The molecule has 8 heteroatoms. The Bertz CT molecular complexity index is 414. The van der Waals surface area contributed by atoms with Crippen LogP contribution in [0, 0.1) is 11.3 Å². The van der Waals surface area contributed by atoms with E-state index in [1.54, 1.807) is 13.0 Å². The molecule has 1 rings (SSSR count). The first kappa shape index (κ1) is 13.3. The number of carbonyl (C=O) groups is 1. The number of hydrogen-bond acceptors (Lipinski definition) is 5. The molecule has 2 atom stereocenters. The van der Waals surface area contributed by atoms with Crippen LogP contribution in [-0.2, 0) is 14.8 Å². The van der Waals surface area contributed by atoms with Crippen molar-refractivity contribution < 1.29 is 18.3 Å². The highest BCUT2D eigenvalue weighted by atomic mass is 32.2. The van der Waals surface area contributed by atoms with Gasteiger partial charge in [0, 0.05) is 5.75 Å². The molecule has 0 aromatic carbocycles. The zero-order valence-electron chi connectivity index (χ0n) is 8.66. The lowest BCUT2D eigenvalue weighted by Gasteiger charge is -2.22. The lowest BCUT2D eigenvalue weighted by atomic mass is 10.3. The molecule has 0 radical (unpaired) electrons. The second kappa shape index (κ2) is 5.03. The molecule has 1 N–H and O–H groups in total. The van der Waals surface area contributed by atoms with E-state index in [9.17, 15) is 13.2 Å². The molecule has 0 aliphatic carbocycles. The summed E-state index contributed by atoms with van der Waals surface area (Å²) in [6, 6.07) is 0.652. The standard InChI is InChI=1S/C8H12N2O4S2/c1-2-6(3-9)16(13,14)10-5-15-4-7(10)8(11)12/h6-7H,2,4-5H2,1H3,(H,11,12)/t6?,7-/m0/s1. The number of nitrogens with zero attached hydrogens (tertiary/aromatic N) is 2. The fourth-order valence-corrected chi connectivity index (χ4v) is 4.72. The van der Waals surface area contributed by atoms with Crippen molar-refractivity contribution in [1.29, 1.82) is 5.26 Å². The number of aliphatic carboxylic acids is 1. The van der Waals surface area contributed by atoms with Crippen LogP contribution in [0.4, 0.5) is 0 Å². The molecule has 1 aliphatic heterocycles. The number of carboxylic acid groups (broad SMARTS) is 1. The lowest BCUT2D eigenvalue weighted by Crippen LogP contribution is -2.45. The molecule has 1 aliphatic rings. The predicted octanol–water partition coefficient (Wildman–Crippen LogP) is 0.0779. The molecule has 90 valence electrons. The van der Waals surface area contributed by atoms with Crippen LogP contribution in [0.25, 0.3) is 0 Å². The summed E-state index contributed by atoms with van der Waals surface area (Å²) in [7, 11) is -3.82. The van der Waals surface area contributed by atoms with Gasteiger partial charge >= 0.3 is 5.97 Å². The quantitative estimate of drug-likeness (QED) is 0.772. The number of carboxylic acids is 1. The highest BCUT2D eigenvalue weighted by Gasteiger charge is 2.42. The number of sulfonamides is 1. The molecule has 0 spiro atoms. The summed E-state index contributed by atoms with van der Waals surface area (Å²) >= 11 is 1.24. The fourth-order valence-electron chi connectivity index (χ4n) is 1.40. The first-order valence-corrected chi connectivity index (χ1v) is 7.31. The Morgan fingerprint density at radius 1 is 1.75 bits per heavy atom. The lowest BCUT2D eigenvalue weighted by molar-refractivity contribution is -0.140. The van der Waals surface area contributed by atoms with Crippen LogP contribution < -0.4 is 0 Å². The van der Waals surface area contributed by atoms with E-state index in [1.807, 2.05) is 0 Å². The summed E-state index contributed by atoms with van der Waals surface area (Å²) in [5.41, 5.74) is 0. The SMILES string of the molecule is CCC(C#N)S(=O)(=O)N1CSC[C@H]1C(=O)O. The molecule has 1 saturated heterocycles. The van der Waals surface area contributed by atoms with E-state index in [4.69, 9.17) is 10.4 Å². The molecule has 6 nitrogen and oxygen atoms in total. The van der Waals surface area contributed by atoms with Crippen molar-refractivity contribution in [1.82, 2.24) is 4.31 Å². The van der Waals surface area contributed by atoms with Crippen molar-refractivity contribution in [2.45, 2.75) is 24.6 Å². The predicted molar refractivity (Wildman–Crippen MR) is 59.2 cm³/mol. The van der Waals surface area contributed by atoms with Crippen LogP contribution in [0.15, 0.2) is 0 Å². The zero-order chi connectivity index (χ0) is 12.3. The molecule has 1 fully saturated rings. The highest BCUT2D eigenvalue weighted by molar-refractivity contribution is 8.00. The Labute approximate surface area is 98.3 Å². The first-order valence-electron chi connectivity index (χ1n) is 4.66. The maximum absolute atomic E-state index is 11.9. The molecular weight excluding hydrogens is 252 g/mol. The van der Waals surface area contributed by atoms with Gasteiger partial charge in [-0.05, 0) is 6.42 Å². The Balaban J connectivity index is 3.00. The summed E-state index contributed by atoms with van der Waals surface area (Å²) in [4.78, 5) is 10.9. The van der Waals surface area contributed by atoms with E-state index in [2.05, 4.69) is 0 Å². The summed E-state index contributed by atoms with van der Waals surface area (Å²) in [5, 5.41) is 16.4. The van der Waals surface area contributed by atoms with Gasteiger partial charge in [-0.1, -0.05) is 6.92 Å². The van der Waals surface area contributed by atoms with Gasteiger partial charge in [-0.25, -0.2) is 8.42 Å². The number of nitriles is 1. The molecule has 0 aromatic rings. The normalized spacial score (nSPS) is 23.9. The van der Waals surface area contributed by atoms with Gasteiger partial charge in [0.05, 0.1) is 11.9 Å². The molecule has 16 heavy (non-hydrogen) atoms. The van der Waals surface area contributed by atoms with Crippen molar-refractivity contribution in [3.8, 4) is 6.07 Å². The molecule has 1 heterocycles. The maximum atomic E-state index is 11.9.